The molecule has 3 rings (SSSR count). The SMILES string of the molecule is O=C(/C=C/C1=C(C(=O)[O-])N2C(=O)/C(=C/c3ccccn3)[C@H]2S(=O)(=O)C1)NO.[Na+]. The number of nitrogens with zero attached hydrogens (tertiary/aromatic N) is 2. The van der Waals surface area contributed by atoms with Crippen LogP contribution in [0.25, 0.3) is 6.08 Å². The fourth-order valence-electron chi connectivity index (χ4n) is 2.84. The van der Waals surface area contributed by atoms with Crippen molar-refractivity contribution in [2.75, 3.05) is 5.75 Å². The van der Waals surface area contributed by atoms with E-state index in [9.17, 15) is 27.9 Å². The van der Waals surface area contributed by atoms with Crippen molar-refractivity contribution >= 4 is 33.7 Å². The Labute approximate surface area is 181 Å². The zero-order chi connectivity index (χ0) is 19.8. The molecule has 12 heteroatoms. The van der Waals surface area contributed by atoms with Crippen LogP contribution in [0.2, 0.25) is 0 Å². The summed E-state index contributed by atoms with van der Waals surface area (Å²) in [5.41, 5.74) is 0.584. The predicted octanol–water partition coefficient (Wildman–Crippen LogP) is -4.87. The molecule has 0 aliphatic carbocycles. The maximum atomic E-state index is 12.6. The first-order valence-corrected chi connectivity index (χ1v) is 9.22. The molecule has 0 unspecified atom stereocenters. The van der Waals surface area contributed by atoms with Crippen LogP contribution in [0.4, 0.5) is 0 Å². The van der Waals surface area contributed by atoms with Gasteiger partial charge in [-0.3, -0.25) is 24.7 Å². The number of aliphatic carboxylic acids is 1. The van der Waals surface area contributed by atoms with Gasteiger partial charge in [0, 0.05) is 12.3 Å². The Morgan fingerprint density at radius 3 is 2.64 bits per heavy atom. The Kier molecular flexibility index (Phi) is 6.57. The normalized spacial score (nSPS) is 21.8. The molecule has 0 aromatic carbocycles. The maximum Gasteiger partial charge on any atom is 1.00 e. The summed E-state index contributed by atoms with van der Waals surface area (Å²) in [5.74, 6) is -4.29. The molecule has 2 aliphatic heterocycles. The van der Waals surface area contributed by atoms with Crippen LogP contribution in [0.5, 0.6) is 0 Å². The topological polar surface area (TPSA) is 157 Å². The summed E-state index contributed by atoms with van der Waals surface area (Å²) in [6, 6.07) is 4.86. The minimum atomic E-state index is -3.98. The summed E-state index contributed by atoms with van der Waals surface area (Å²) >= 11 is 0. The summed E-state index contributed by atoms with van der Waals surface area (Å²) in [4.78, 5) is 39.6. The number of aromatic nitrogens is 1. The van der Waals surface area contributed by atoms with E-state index in [0.717, 1.165) is 12.2 Å². The molecule has 1 saturated heterocycles. The minimum Gasteiger partial charge on any atom is -0.543 e. The molecule has 0 radical (unpaired) electrons. The third kappa shape index (κ3) is 3.93. The summed E-state index contributed by atoms with van der Waals surface area (Å²) in [6.07, 6.45) is 4.39. The molecule has 1 aromatic heterocycles. The second-order valence-corrected chi connectivity index (χ2v) is 7.72. The summed E-state index contributed by atoms with van der Waals surface area (Å²) in [6.45, 7) is 0. The van der Waals surface area contributed by atoms with E-state index in [1.54, 1.807) is 18.2 Å². The van der Waals surface area contributed by atoms with Crippen LogP contribution in [0.3, 0.4) is 0 Å². The van der Waals surface area contributed by atoms with E-state index >= 15 is 0 Å². The number of carboxylic acid groups (broad SMARTS) is 1. The Morgan fingerprint density at radius 2 is 2.07 bits per heavy atom. The van der Waals surface area contributed by atoms with Gasteiger partial charge in [0.1, 0.15) is 0 Å². The van der Waals surface area contributed by atoms with Gasteiger partial charge in [0.05, 0.1) is 28.7 Å². The third-order valence-corrected chi connectivity index (χ3v) is 5.80. The van der Waals surface area contributed by atoms with Crippen LogP contribution in [0.1, 0.15) is 5.69 Å². The second-order valence-electron chi connectivity index (χ2n) is 5.66. The average Bonchev–Trinajstić information content (AvgIpc) is 2.63. The number of β-lactam (4-membered cyclic amide) rings is 1. The summed E-state index contributed by atoms with van der Waals surface area (Å²) in [5, 5.41) is 18.5. The standard InChI is InChI=1S/C16H13N3O7S.Na/c20-12(18-24)5-4-9-8-27(25,26)15-11(7-10-3-1-2-6-17-10)14(21)19(15)13(9)16(22)23;/h1-7,15,24H,8H2,(H,18,20)(H,22,23);/q;+1/p-1/b5-4+,11-7-;/t15-;/m1./s1. The number of carbonyl (C=O) groups excluding carboxylic acids is 3. The molecular formula is C16H12N3NaO7S. The van der Waals surface area contributed by atoms with Crippen molar-refractivity contribution in [2.45, 2.75) is 5.37 Å². The van der Waals surface area contributed by atoms with Crippen molar-refractivity contribution in [3.8, 4) is 0 Å². The van der Waals surface area contributed by atoms with E-state index in [0.29, 0.717) is 10.6 Å². The quantitative estimate of drug-likeness (QED) is 0.164. The smallest absolute Gasteiger partial charge is 0.543 e. The van der Waals surface area contributed by atoms with E-state index in [4.69, 9.17) is 5.21 Å². The van der Waals surface area contributed by atoms with Crippen molar-refractivity contribution in [2.24, 2.45) is 0 Å². The molecule has 28 heavy (non-hydrogen) atoms. The van der Waals surface area contributed by atoms with Crippen molar-refractivity contribution in [3.05, 3.63) is 59.1 Å². The van der Waals surface area contributed by atoms with Crippen LogP contribution in [0, 0.1) is 0 Å². The van der Waals surface area contributed by atoms with E-state index in [-0.39, 0.29) is 40.7 Å². The number of rotatable bonds is 4. The van der Waals surface area contributed by atoms with E-state index in [1.807, 2.05) is 0 Å². The fraction of sp³-hybridized carbons (Fsp3) is 0.125. The first-order chi connectivity index (χ1) is 12.8. The number of hydrogen-bond donors (Lipinski definition) is 2. The molecule has 0 bridgehead atoms. The van der Waals surface area contributed by atoms with Crippen LogP contribution in [-0.4, -0.2) is 52.4 Å². The van der Waals surface area contributed by atoms with Crippen LogP contribution >= 0.6 is 0 Å². The molecule has 3 heterocycles. The van der Waals surface area contributed by atoms with Gasteiger partial charge < -0.3 is 9.90 Å². The minimum absolute atomic E-state index is 0. The Bertz CT molecular complexity index is 1030. The van der Waals surface area contributed by atoms with Crippen molar-refractivity contribution in [1.82, 2.24) is 15.4 Å². The molecular weight excluding hydrogens is 401 g/mol. The number of fused-ring (bicyclic) bond motifs is 1. The summed E-state index contributed by atoms with van der Waals surface area (Å²) < 4.78 is 25.2. The Hall–Kier alpha value is -2.31. The van der Waals surface area contributed by atoms with Crippen LogP contribution in [-0.2, 0) is 24.2 Å². The fourth-order valence-corrected chi connectivity index (χ4v) is 4.74. The molecule has 10 nitrogen and oxygen atoms in total. The number of pyridine rings is 1. The first-order valence-electron chi connectivity index (χ1n) is 7.50. The van der Waals surface area contributed by atoms with Gasteiger partial charge in [0.15, 0.2) is 15.2 Å². The van der Waals surface area contributed by atoms with Crippen molar-refractivity contribution < 1.29 is 62.7 Å². The van der Waals surface area contributed by atoms with Gasteiger partial charge in [-0.05, 0) is 23.8 Å². The maximum absolute atomic E-state index is 12.6. The second kappa shape index (κ2) is 8.37. The molecule has 0 spiro atoms. The van der Waals surface area contributed by atoms with E-state index in [1.165, 1.54) is 17.8 Å². The number of nitrogens with one attached hydrogen (secondary N) is 1. The number of carbonyl (C=O) groups is 3. The number of carboxylic acids is 1. The molecule has 140 valence electrons. The monoisotopic (exact) mass is 413 g/mol. The Morgan fingerprint density at radius 1 is 1.36 bits per heavy atom. The van der Waals surface area contributed by atoms with Gasteiger partial charge in [-0.15, -0.1) is 0 Å². The molecule has 2 amide bonds. The molecule has 1 atom stereocenters. The molecule has 1 fully saturated rings. The number of allylic oxidation sites excluding steroid dienone is 1. The van der Waals surface area contributed by atoms with Gasteiger partial charge in [-0.25, -0.2) is 13.9 Å². The first kappa shape index (κ1) is 22.0. The zero-order valence-corrected chi connectivity index (χ0v) is 17.3. The molecule has 2 N–H and O–H groups in total. The van der Waals surface area contributed by atoms with Crippen LogP contribution in [0.15, 0.2) is 53.4 Å². The van der Waals surface area contributed by atoms with Gasteiger partial charge in [-0.1, -0.05) is 12.1 Å². The van der Waals surface area contributed by atoms with Crippen molar-refractivity contribution in [1.29, 1.82) is 0 Å². The van der Waals surface area contributed by atoms with Crippen LogP contribution < -0.4 is 40.1 Å². The number of hydrogen-bond acceptors (Lipinski definition) is 8. The molecule has 1 aromatic rings. The van der Waals surface area contributed by atoms with Gasteiger partial charge in [0.25, 0.3) is 11.8 Å². The van der Waals surface area contributed by atoms with Crippen molar-refractivity contribution in [3.63, 3.8) is 0 Å². The third-order valence-electron chi connectivity index (χ3n) is 3.94. The van der Waals surface area contributed by atoms with Gasteiger partial charge in [-0.2, -0.15) is 0 Å². The Balaban J connectivity index is 0.00000280. The van der Waals surface area contributed by atoms with Gasteiger partial charge >= 0.3 is 29.6 Å². The predicted molar refractivity (Wildman–Crippen MR) is 87.7 cm³/mol. The largest absolute Gasteiger partial charge is 1.00 e. The number of amides is 2. The van der Waals surface area contributed by atoms with E-state index in [2.05, 4.69) is 4.98 Å². The summed E-state index contributed by atoms with van der Waals surface area (Å²) in [7, 11) is -3.98. The number of sulfone groups is 1. The number of hydroxylamine groups is 1. The van der Waals surface area contributed by atoms with E-state index < -0.39 is 44.4 Å². The zero-order valence-electron chi connectivity index (χ0n) is 14.5. The molecule has 2 aliphatic rings. The van der Waals surface area contributed by atoms with Gasteiger partial charge in [0.2, 0.25) is 0 Å². The molecule has 0 saturated carbocycles. The average molecular weight is 413 g/mol.